The number of rotatable bonds is 4. The van der Waals surface area contributed by atoms with Crippen molar-refractivity contribution in [2.75, 3.05) is 13.2 Å². The molecule has 9 nitrogen and oxygen atoms in total. The summed E-state index contributed by atoms with van der Waals surface area (Å²) in [5, 5.41) is 1.54. The summed E-state index contributed by atoms with van der Waals surface area (Å²) in [6.07, 6.45) is 7.24. The predicted molar refractivity (Wildman–Crippen MR) is 213 cm³/mol. The molecule has 2 aromatic carbocycles. The molecule has 1 fully saturated rings. The van der Waals surface area contributed by atoms with Crippen molar-refractivity contribution in [2.24, 2.45) is 0 Å². The summed E-state index contributed by atoms with van der Waals surface area (Å²) in [5.41, 5.74) is 1.47. The summed E-state index contributed by atoms with van der Waals surface area (Å²) in [6, 6.07) is 20.3. The average molecular weight is 966 g/mol. The Morgan fingerprint density at radius 2 is 1.08 bits per heavy atom. The lowest BCUT2D eigenvalue weighted by Crippen LogP contribution is -2.14. The van der Waals surface area contributed by atoms with Gasteiger partial charge in [-0.1, -0.05) is 54.1 Å². The Morgan fingerprint density at radius 3 is 1.57 bits per heavy atom. The number of hydrogen-bond donors (Lipinski definition) is 0. The quantitative estimate of drug-likeness (QED) is 0.173. The Balaban J connectivity index is 0.000000282. The highest BCUT2D eigenvalue weighted by Gasteiger charge is 2.22. The first-order chi connectivity index (χ1) is 21.9. The minimum Gasteiger partial charge on any atom is -0.381 e. The van der Waals surface area contributed by atoms with Crippen LogP contribution >= 0.6 is 63.7 Å². The first-order valence-corrected chi connectivity index (χ1v) is 19.8. The number of benzene rings is 2. The van der Waals surface area contributed by atoms with Crippen LogP contribution in [0.25, 0.3) is 22.1 Å². The van der Waals surface area contributed by atoms with Crippen molar-refractivity contribution in [3.63, 3.8) is 0 Å². The zero-order valence-corrected chi connectivity index (χ0v) is 32.1. The SMILES string of the molecule is C.C.C.C1CCOC1.Cc1cc2cc(Br)cnc2n1S(=O)(=O)c1ccc(Br)cc1.O=S(=O)(c1ccc(Br)cc1)n1ccc2cc(Br)cnc21. The molecule has 7 rings (SSSR count). The lowest BCUT2D eigenvalue weighted by Gasteiger charge is -2.09. The van der Waals surface area contributed by atoms with Crippen LogP contribution in [0.1, 0.15) is 40.8 Å². The summed E-state index contributed by atoms with van der Waals surface area (Å²) < 4.78 is 61.5. The molecule has 4 aromatic heterocycles. The molecule has 0 N–H and O–H groups in total. The van der Waals surface area contributed by atoms with Gasteiger partial charge in [-0.2, -0.15) is 0 Å². The zero-order chi connectivity index (χ0) is 33.1. The van der Waals surface area contributed by atoms with Gasteiger partial charge >= 0.3 is 0 Å². The van der Waals surface area contributed by atoms with Crippen molar-refractivity contribution in [1.82, 2.24) is 17.9 Å². The highest BCUT2D eigenvalue weighted by molar-refractivity contribution is 9.11. The van der Waals surface area contributed by atoms with Crippen molar-refractivity contribution in [3.05, 3.63) is 115 Å². The van der Waals surface area contributed by atoms with Crippen LogP contribution in [-0.4, -0.2) is 48.0 Å². The first-order valence-electron chi connectivity index (χ1n) is 13.7. The van der Waals surface area contributed by atoms with Crippen LogP contribution in [0.2, 0.25) is 0 Å². The van der Waals surface area contributed by atoms with Gasteiger partial charge in [0, 0.05) is 66.2 Å². The number of aryl methyl sites for hydroxylation is 1. The van der Waals surface area contributed by atoms with Gasteiger partial charge in [-0.3, -0.25) is 0 Å². The third kappa shape index (κ3) is 9.89. The molecule has 264 valence electrons. The Bertz CT molecular complexity index is 2210. The summed E-state index contributed by atoms with van der Waals surface area (Å²) >= 11 is 13.3. The van der Waals surface area contributed by atoms with Crippen LogP contribution in [0.5, 0.6) is 0 Å². The van der Waals surface area contributed by atoms with Crippen molar-refractivity contribution < 1.29 is 21.6 Å². The third-order valence-corrected chi connectivity index (χ3v) is 12.2. The smallest absolute Gasteiger partial charge is 0.269 e. The molecule has 1 saturated heterocycles. The number of nitrogens with zero attached hydrogens (tertiary/aromatic N) is 4. The second-order valence-electron chi connectivity index (χ2n) is 10.0. The summed E-state index contributed by atoms with van der Waals surface area (Å²) in [6.45, 7) is 3.76. The van der Waals surface area contributed by atoms with Gasteiger partial charge < -0.3 is 4.74 Å². The molecule has 49 heavy (non-hydrogen) atoms. The molecule has 1 aliphatic rings. The predicted octanol–water partition coefficient (Wildman–Crippen LogP) is 10.6. The number of pyridine rings is 2. The molecule has 0 radical (unpaired) electrons. The fourth-order valence-corrected chi connectivity index (χ4v) is 8.63. The van der Waals surface area contributed by atoms with E-state index in [1.807, 2.05) is 18.2 Å². The number of aromatic nitrogens is 4. The number of ether oxygens (including phenoxy) is 1. The second-order valence-corrected chi connectivity index (χ2v) is 17.3. The van der Waals surface area contributed by atoms with E-state index in [2.05, 4.69) is 73.7 Å². The molecule has 0 spiro atoms. The number of hydrogen-bond acceptors (Lipinski definition) is 7. The van der Waals surface area contributed by atoms with Gasteiger partial charge in [0.05, 0.1) is 9.79 Å². The summed E-state index contributed by atoms with van der Waals surface area (Å²) in [4.78, 5) is 8.87. The Morgan fingerprint density at radius 1 is 0.612 bits per heavy atom. The fourth-order valence-electron chi connectivity index (χ4n) is 4.59. The zero-order valence-electron chi connectivity index (χ0n) is 24.1. The molecular weight excluding hydrogens is 928 g/mol. The standard InChI is InChI=1S/C14H10Br2N2O2S.C13H8Br2N2O2S.C4H8O.3CH4/c1-9-6-10-7-12(16)8-17-14(10)18(9)21(19,20)13-4-2-11(15)3-5-13;14-10-1-3-12(4-2-10)20(18,19)17-6-5-9-7-11(15)8-16-13(9)17;1-2-4-5-3-1;;;/h2-8H,1H3;1-8H;1-4H2;3*1H4. The van der Waals surface area contributed by atoms with Gasteiger partial charge in [-0.25, -0.2) is 34.7 Å². The van der Waals surface area contributed by atoms with E-state index < -0.39 is 20.0 Å². The molecule has 1 aliphatic heterocycles. The molecule has 6 aromatic rings. The second kappa shape index (κ2) is 18.2. The van der Waals surface area contributed by atoms with E-state index in [9.17, 15) is 16.8 Å². The molecular formula is C34H38Br4N4O5S2. The van der Waals surface area contributed by atoms with E-state index in [0.717, 1.165) is 41.9 Å². The molecule has 15 heteroatoms. The third-order valence-electron chi connectivity index (χ3n) is 6.75. The normalized spacial score (nSPS) is 12.4. The van der Waals surface area contributed by atoms with Crippen molar-refractivity contribution in [3.8, 4) is 0 Å². The van der Waals surface area contributed by atoms with E-state index in [0.29, 0.717) is 17.0 Å². The summed E-state index contributed by atoms with van der Waals surface area (Å²) in [7, 11) is -7.30. The van der Waals surface area contributed by atoms with Gasteiger partial charge in [-0.05, 0) is 124 Å². The lowest BCUT2D eigenvalue weighted by atomic mass is 10.3. The van der Waals surface area contributed by atoms with E-state index >= 15 is 0 Å². The molecule has 0 bridgehead atoms. The van der Waals surface area contributed by atoms with Crippen LogP contribution in [0, 0.1) is 6.92 Å². The summed E-state index contributed by atoms with van der Waals surface area (Å²) in [5.74, 6) is 0. The topological polar surface area (TPSA) is 113 Å². The van der Waals surface area contributed by atoms with Crippen LogP contribution in [-0.2, 0) is 24.8 Å². The van der Waals surface area contributed by atoms with E-state index in [4.69, 9.17) is 4.74 Å². The maximum atomic E-state index is 12.8. The highest BCUT2D eigenvalue weighted by Crippen LogP contribution is 2.27. The van der Waals surface area contributed by atoms with Crippen LogP contribution in [0.4, 0.5) is 0 Å². The van der Waals surface area contributed by atoms with Gasteiger partial charge in [0.25, 0.3) is 20.0 Å². The maximum Gasteiger partial charge on any atom is 0.269 e. The van der Waals surface area contributed by atoms with Crippen LogP contribution in [0.3, 0.4) is 0 Å². The molecule has 5 heterocycles. The maximum absolute atomic E-state index is 12.8. The van der Waals surface area contributed by atoms with E-state index in [1.165, 1.54) is 27.0 Å². The Labute approximate surface area is 322 Å². The van der Waals surface area contributed by atoms with Crippen molar-refractivity contribution in [1.29, 1.82) is 0 Å². The van der Waals surface area contributed by atoms with Gasteiger partial charge in [0.2, 0.25) is 0 Å². The van der Waals surface area contributed by atoms with Gasteiger partial charge in [-0.15, -0.1) is 0 Å². The molecule has 0 amide bonds. The van der Waals surface area contributed by atoms with Crippen LogP contribution < -0.4 is 0 Å². The Hall–Kier alpha value is -2.40. The molecule has 0 saturated carbocycles. The number of fused-ring (bicyclic) bond motifs is 2. The van der Waals surface area contributed by atoms with Gasteiger partial charge in [0.1, 0.15) is 0 Å². The van der Waals surface area contributed by atoms with Crippen molar-refractivity contribution in [2.45, 2.75) is 51.8 Å². The minimum atomic E-state index is -3.66. The fraction of sp³-hybridized carbons (Fsp3) is 0.235. The van der Waals surface area contributed by atoms with Crippen LogP contribution in [0.15, 0.2) is 119 Å². The molecule has 0 atom stereocenters. The van der Waals surface area contributed by atoms with E-state index in [-0.39, 0.29) is 32.1 Å². The minimum absolute atomic E-state index is 0. The number of halogens is 4. The average Bonchev–Trinajstić information content (AvgIpc) is 3.79. The molecule has 0 unspecified atom stereocenters. The van der Waals surface area contributed by atoms with E-state index in [1.54, 1.807) is 73.9 Å². The lowest BCUT2D eigenvalue weighted by molar-refractivity contribution is 0.198. The van der Waals surface area contributed by atoms with Gasteiger partial charge in [0.15, 0.2) is 11.3 Å². The highest BCUT2D eigenvalue weighted by atomic mass is 79.9. The van der Waals surface area contributed by atoms with Crippen molar-refractivity contribution >= 4 is 106 Å². The monoisotopic (exact) mass is 962 g/mol. The largest absolute Gasteiger partial charge is 0.381 e. The molecule has 0 aliphatic carbocycles. The first kappa shape index (κ1) is 42.8. The Kier molecular flexibility index (Phi) is 15.9.